The van der Waals surface area contributed by atoms with Gasteiger partial charge in [-0.1, -0.05) is 62.2 Å². The van der Waals surface area contributed by atoms with E-state index in [0.29, 0.717) is 68.8 Å². The van der Waals surface area contributed by atoms with Crippen LogP contribution in [0, 0.1) is 0 Å². The van der Waals surface area contributed by atoms with Crippen molar-refractivity contribution < 1.29 is 58.1 Å². The molecule has 28 heteroatoms. The zero-order chi connectivity index (χ0) is 61.1. The van der Waals surface area contributed by atoms with Gasteiger partial charge in [-0.2, -0.15) is 0 Å². The second-order valence-corrected chi connectivity index (χ2v) is 20.8. The molecule has 0 radical (unpaired) electrons. The van der Waals surface area contributed by atoms with Gasteiger partial charge < -0.3 is 84.2 Å². The van der Waals surface area contributed by atoms with Gasteiger partial charge >= 0.3 is 18.0 Å². The molecular weight excluding hydrogens is 1090 g/mol. The normalized spacial score (nSPS) is 14.9. The Kier molecular flexibility index (Phi) is 26.9. The lowest BCUT2D eigenvalue weighted by atomic mass is 10.0. The average Bonchev–Trinajstić information content (AvgIpc) is 3.91. The summed E-state index contributed by atoms with van der Waals surface area (Å²) in [5.74, 6) is -8.40. The number of aliphatic carboxylic acids is 2. The lowest BCUT2D eigenvalue weighted by Gasteiger charge is -2.28. The molecule has 2 aromatic heterocycles. The minimum Gasteiger partial charge on any atom is -0.481 e. The number of H-pyrrole nitrogens is 2. The predicted octanol–water partition coefficient (Wildman–Crippen LogP) is -0.768. The number of hydrogen-bond donors (Lipinski definition) is 14. The highest BCUT2D eigenvalue weighted by molar-refractivity contribution is 5.98. The zero-order valence-corrected chi connectivity index (χ0v) is 47.8. The third kappa shape index (κ3) is 21.9. The Morgan fingerprint density at radius 2 is 1.21 bits per heavy atom. The largest absolute Gasteiger partial charge is 0.481 e. The number of urea groups is 1. The second-order valence-electron chi connectivity index (χ2n) is 20.8. The van der Waals surface area contributed by atoms with E-state index in [4.69, 9.17) is 21.9 Å². The van der Waals surface area contributed by atoms with Crippen LogP contribution in [0.2, 0.25) is 0 Å². The van der Waals surface area contributed by atoms with Crippen LogP contribution < -0.4 is 54.4 Å². The van der Waals surface area contributed by atoms with E-state index in [1.54, 1.807) is 24.4 Å². The molecular formula is C56H82N16O12. The van der Waals surface area contributed by atoms with Crippen LogP contribution >= 0.6 is 0 Å². The van der Waals surface area contributed by atoms with Crippen LogP contribution in [0.15, 0.2) is 72.2 Å². The molecule has 8 amide bonds. The number of unbranched alkanes of at least 4 members (excludes halogenated alkanes) is 2. The minimum atomic E-state index is -1.76. The molecule has 0 spiro atoms. The maximum absolute atomic E-state index is 15.0. The van der Waals surface area contributed by atoms with Gasteiger partial charge in [-0.25, -0.2) is 14.6 Å². The molecule has 1 saturated heterocycles. The molecule has 28 nitrogen and oxygen atoms in total. The number of morpholine rings is 1. The van der Waals surface area contributed by atoms with Gasteiger partial charge in [0.05, 0.1) is 26.0 Å². The molecule has 458 valence electrons. The number of para-hydroxylation sites is 1. The number of nitrogens with one attached hydrogen (secondary N) is 9. The van der Waals surface area contributed by atoms with Gasteiger partial charge in [0.1, 0.15) is 42.3 Å². The highest BCUT2D eigenvalue weighted by atomic mass is 16.5. The fraction of sp³-hybridized carbons (Fsp3) is 0.518. The van der Waals surface area contributed by atoms with Crippen molar-refractivity contribution in [3.8, 4) is 0 Å². The lowest BCUT2D eigenvalue weighted by Crippen LogP contribution is -2.61. The van der Waals surface area contributed by atoms with E-state index in [0.717, 1.165) is 29.6 Å². The Hall–Kier alpha value is -8.63. The summed E-state index contributed by atoms with van der Waals surface area (Å²) in [4.78, 5) is 142. The van der Waals surface area contributed by atoms with E-state index in [-0.39, 0.29) is 57.5 Å². The number of amides is 8. The summed E-state index contributed by atoms with van der Waals surface area (Å²) in [7, 11) is 2.94. The average molecular weight is 1170 g/mol. The van der Waals surface area contributed by atoms with E-state index in [2.05, 4.69) is 62.1 Å². The number of benzene rings is 2. The van der Waals surface area contributed by atoms with Crippen LogP contribution in [0.1, 0.15) is 87.1 Å². The monoisotopic (exact) mass is 1170 g/mol. The topological polar surface area (TPSA) is 429 Å². The SMILES string of the molecule is CCCC[C@H](NC(=O)N(C)C)C(=O)N[C@@H](CC(=O)O)C(=O)N[C@@H](Cc1cnc[nH]1)C(=O)N[C@H](Cc1ccc(CN2CCOCC2)cc1)C(=O)N[C@@H](CCCN=C(N)N)C(=O)N[C@@H](Cc1c[nH]c2ccccc12)C(=O)N[C@@H](CCCCN)C(=O)O. The van der Waals surface area contributed by atoms with Gasteiger partial charge in [0.25, 0.3) is 0 Å². The Morgan fingerprint density at radius 3 is 1.81 bits per heavy atom. The predicted molar refractivity (Wildman–Crippen MR) is 310 cm³/mol. The summed E-state index contributed by atoms with van der Waals surface area (Å²) in [5, 5.41) is 39.2. The Labute approximate surface area is 487 Å². The number of aromatic nitrogens is 3. The van der Waals surface area contributed by atoms with Crippen LogP contribution in [0.3, 0.4) is 0 Å². The van der Waals surface area contributed by atoms with Crippen LogP contribution in [-0.2, 0) is 68.9 Å². The molecule has 1 aliphatic rings. The number of aliphatic imine (C=N–C) groups is 1. The first-order chi connectivity index (χ1) is 40.2. The fourth-order valence-electron chi connectivity index (χ4n) is 9.29. The number of carbonyl (C=O) groups excluding carboxylic acids is 7. The summed E-state index contributed by atoms with van der Waals surface area (Å²) in [5.41, 5.74) is 20.1. The Morgan fingerprint density at radius 1 is 0.667 bits per heavy atom. The van der Waals surface area contributed by atoms with Crippen molar-refractivity contribution in [2.45, 2.75) is 133 Å². The summed E-state index contributed by atoms with van der Waals surface area (Å²) < 4.78 is 5.50. The number of carboxylic acids is 2. The fourth-order valence-corrected chi connectivity index (χ4v) is 9.29. The van der Waals surface area contributed by atoms with Gasteiger partial charge in [0, 0.05) is 88.5 Å². The first-order valence-electron chi connectivity index (χ1n) is 28.1. The van der Waals surface area contributed by atoms with Gasteiger partial charge in [-0.15, -0.1) is 0 Å². The molecule has 84 heavy (non-hydrogen) atoms. The zero-order valence-electron chi connectivity index (χ0n) is 47.8. The van der Waals surface area contributed by atoms with Gasteiger partial charge in [-0.05, 0) is 67.8 Å². The van der Waals surface area contributed by atoms with Crippen molar-refractivity contribution >= 4 is 70.3 Å². The third-order valence-corrected chi connectivity index (χ3v) is 14.0. The van der Waals surface area contributed by atoms with Gasteiger partial charge in [-0.3, -0.25) is 43.5 Å². The van der Waals surface area contributed by atoms with Crippen molar-refractivity contribution in [3.63, 3.8) is 0 Å². The molecule has 7 atom stereocenters. The van der Waals surface area contributed by atoms with Crippen molar-refractivity contribution in [1.82, 2.24) is 62.0 Å². The number of imidazole rings is 1. The molecule has 0 saturated carbocycles. The molecule has 2 aromatic carbocycles. The van der Waals surface area contributed by atoms with E-state index in [9.17, 15) is 48.6 Å². The number of guanidine groups is 1. The molecule has 4 aromatic rings. The minimum absolute atomic E-state index is 0.0176. The smallest absolute Gasteiger partial charge is 0.326 e. The molecule has 1 fully saturated rings. The number of carboxylic acid groups (broad SMARTS) is 2. The van der Waals surface area contributed by atoms with Crippen LogP contribution in [0.4, 0.5) is 4.79 Å². The second kappa shape index (κ2) is 34.1. The Bertz CT molecular complexity index is 2840. The number of carbonyl (C=O) groups is 9. The van der Waals surface area contributed by atoms with Gasteiger partial charge in [0.15, 0.2) is 5.96 Å². The van der Waals surface area contributed by atoms with Crippen LogP contribution in [0.25, 0.3) is 10.9 Å². The standard InChI is InChI=1S/C56H82N16O12/c1-4-5-12-41(70-56(83)71(2)3)49(76)69-46(29-47(73)74)53(80)68-45(28-37-31-60-33-63-37)52(79)66-43(26-34-16-18-35(19-17-34)32-72-22-24-84-25-23-72)50(77)64-40(15-10-21-61-55(58)59)48(75)67-44(27-36-30-62-39-13-7-6-11-38(36)39)51(78)65-42(54(81)82)14-8-9-20-57/h6-7,11,13,16-19,30-31,33,40-46,62H,4-5,8-10,12,14-15,20-29,32,57H2,1-3H3,(H,60,63)(H,64,77)(H,65,78)(H,66,79)(H,67,75)(H,68,80)(H,69,76)(H,70,83)(H,73,74)(H,81,82)(H4,58,59,61)/t40-,41-,42-,43+,44-,45-,46-/m0/s1. The van der Waals surface area contributed by atoms with Crippen LogP contribution in [-0.4, -0.2) is 190 Å². The molecule has 0 bridgehead atoms. The van der Waals surface area contributed by atoms with Crippen LogP contribution in [0.5, 0.6) is 0 Å². The maximum Gasteiger partial charge on any atom is 0.326 e. The summed E-state index contributed by atoms with van der Waals surface area (Å²) in [6, 6.07) is 3.87. The van der Waals surface area contributed by atoms with E-state index in [1.165, 1.54) is 31.5 Å². The summed E-state index contributed by atoms with van der Waals surface area (Å²) in [6.07, 6.45) is 5.18. The summed E-state index contributed by atoms with van der Waals surface area (Å²) in [6.45, 7) is 5.47. The quantitative estimate of drug-likeness (QED) is 0.0153. The van der Waals surface area contributed by atoms with E-state index in [1.807, 2.05) is 37.3 Å². The molecule has 1 aliphatic heterocycles. The summed E-state index contributed by atoms with van der Waals surface area (Å²) >= 11 is 0. The first kappa shape index (κ1) is 66.2. The number of rotatable bonds is 35. The Balaban J connectivity index is 1.49. The number of aromatic amines is 2. The third-order valence-electron chi connectivity index (χ3n) is 14.0. The highest BCUT2D eigenvalue weighted by Gasteiger charge is 2.36. The van der Waals surface area contributed by atoms with E-state index < -0.39 is 102 Å². The number of nitrogens with zero attached hydrogens (tertiary/aromatic N) is 4. The molecule has 17 N–H and O–H groups in total. The first-order valence-corrected chi connectivity index (χ1v) is 28.1. The van der Waals surface area contributed by atoms with Crippen molar-refractivity contribution in [2.24, 2.45) is 22.2 Å². The number of nitrogens with two attached hydrogens (primary N) is 3. The van der Waals surface area contributed by atoms with Crippen molar-refractivity contribution in [1.29, 1.82) is 0 Å². The number of hydrogen-bond acceptors (Lipinski definition) is 14. The number of fused-ring (bicyclic) bond motifs is 1. The van der Waals surface area contributed by atoms with Crippen molar-refractivity contribution in [3.05, 3.63) is 89.6 Å². The molecule has 0 unspecified atom stereocenters. The van der Waals surface area contributed by atoms with E-state index >= 15 is 4.79 Å². The lowest BCUT2D eigenvalue weighted by molar-refractivity contribution is -0.142. The van der Waals surface area contributed by atoms with Gasteiger partial charge in [0.2, 0.25) is 35.4 Å². The molecule has 0 aliphatic carbocycles. The maximum atomic E-state index is 15.0. The molecule has 5 rings (SSSR count). The highest BCUT2D eigenvalue weighted by Crippen LogP contribution is 2.20. The number of ether oxygens (including phenoxy) is 1. The molecule has 3 heterocycles. The van der Waals surface area contributed by atoms with Crippen molar-refractivity contribution in [2.75, 3.05) is 53.5 Å².